The summed E-state index contributed by atoms with van der Waals surface area (Å²) in [5, 5.41) is 5.13. The molecule has 0 unspecified atom stereocenters. The molecule has 238 valence electrons. The maximum atomic E-state index is 2.60. The monoisotopic (exact) mass is 648 g/mol. The van der Waals surface area contributed by atoms with Crippen LogP contribution in [0, 0.1) is 13.8 Å². The Morgan fingerprint density at radius 2 is 0.961 bits per heavy atom. The first kappa shape index (κ1) is 28.5. The molecule has 8 aromatic carbocycles. The van der Waals surface area contributed by atoms with Crippen LogP contribution in [0.1, 0.15) is 11.1 Å². The molecule has 51 heavy (non-hydrogen) atoms. The lowest BCUT2D eigenvalue weighted by Gasteiger charge is -2.43. The summed E-state index contributed by atoms with van der Waals surface area (Å²) in [6, 6.07) is 61.4. The standard InChI is InChI=1S/C48H33BN2/c1-30-15-21-45-39(25-30)40-26-31(2)16-22-46(40)50(45)36-20-24-48-42(29-36)38-12-6-8-14-44(38)49-43-13-7-5-11-37(43)41-28-35(19-23-47(41)51(48)49)34-18-17-32-9-3-4-10-33(32)27-34/h3-29H,1-2H3. The number of hydrogen-bond donors (Lipinski definition) is 0. The van der Waals surface area contributed by atoms with Crippen molar-refractivity contribution in [3.8, 4) is 39.1 Å². The van der Waals surface area contributed by atoms with Crippen molar-refractivity contribution in [1.29, 1.82) is 0 Å². The van der Waals surface area contributed by atoms with E-state index >= 15 is 0 Å². The molecule has 9 aromatic rings. The second kappa shape index (κ2) is 10.6. The molecule has 0 saturated carbocycles. The van der Waals surface area contributed by atoms with Gasteiger partial charge >= 0.3 is 6.85 Å². The molecule has 0 amide bonds. The van der Waals surface area contributed by atoms with E-state index in [2.05, 4.69) is 187 Å². The molecule has 0 bridgehead atoms. The Morgan fingerprint density at radius 1 is 0.412 bits per heavy atom. The van der Waals surface area contributed by atoms with E-state index in [0.29, 0.717) is 0 Å². The van der Waals surface area contributed by atoms with Crippen LogP contribution in [-0.2, 0) is 0 Å². The minimum atomic E-state index is 0.0777. The van der Waals surface area contributed by atoms with Crippen LogP contribution in [0.15, 0.2) is 164 Å². The fourth-order valence-corrected chi connectivity index (χ4v) is 8.94. The predicted octanol–water partition coefficient (Wildman–Crippen LogP) is 11.1. The summed E-state index contributed by atoms with van der Waals surface area (Å²) < 4.78 is 2.45. The highest BCUT2D eigenvalue weighted by Gasteiger charge is 2.42. The molecule has 0 N–H and O–H groups in total. The number of benzene rings is 8. The Hall–Kier alpha value is -6.32. The highest BCUT2D eigenvalue weighted by atomic mass is 15.1. The third kappa shape index (κ3) is 4.12. The van der Waals surface area contributed by atoms with E-state index in [1.54, 1.807) is 0 Å². The molecular weight excluding hydrogens is 615 g/mol. The smallest absolute Gasteiger partial charge is 0.329 e. The van der Waals surface area contributed by atoms with E-state index in [0.717, 1.165) is 0 Å². The summed E-state index contributed by atoms with van der Waals surface area (Å²) in [4.78, 5) is 2.60. The zero-order chi connectivity index (χ0) is 33.8. The number of aromatic nitrogens is 1. The van der Waals surface area contributed by atoms with Crippen molar-refractivity contribution < 1.29 is 0 Å². The van der Waals surface area contributed by atoms with Gasteiger partial charge in [0.1, 0.15) is 0 Å². The average molecular weight is 649 g/mol. The number of fused-ring (bicyclic) bond motifs is 15. The van der Waals surface area contributed by atoms with Gasteiger partial charge in [0.15, 0.2) is 0 Å². The van der Waals surface area contributed by atoms with Gasteiger partial charge < -0.3 is 9.38 Å². The van der Waals surface area contributed by atoms with Gasteiger partial charge in [-0.1, -0.05) is 114 Å². The highest BCUT2D eigenvalue weighted by Crippen LogP contribution is 2.48. The van der Waals surface area contributed by atoms with Crippen LogP contribution in [0.3, 0.4) is 0 Å². The lowest BCUT2D eigenvalue weighted by molar-refractivity contribution is 1.17. The predicted molar refractivity (Wildman–Crippen MR) is 218 cm³/mol. The molecule has 3 heterocycles. The zero-order valence-corrected chi connectivity index (χ0v) is 28.6. The van der Waals surface area contributed by atoms with Gasteiger partial charge in [-0.05, 0) is 118 Å². The lowest BCUT2D eigenvalue weighted by atomic mass is 9.43. The second-order valence-electron chi connectivity index (χ2n) is 14.3. The van der Waals surface area contributed by atoms with E-state index in [9.17, 15) is 0 Å². The topological polar surface area (TPSA) is 8.17 Å². The van der Waals surface area contributed by atoms with Crippen molar-refractivity contribution in [3.05, 3.63) is 175 Å². The number of rotatable bonds is 2. The number of aryl methyl sites for hydroxylation is 2. The van der Waals surface area contributed by atoms with Crippen LogP contribution >= 0.6 is 0 Å². The van der Waals surface area contributed by atoms with Crippen LogP contribution in [0.2, 0.25) is 0 Å². The molecule has 0 fully saturated rings. The molecule has 0 radical (unpaired) electrons. The summed E-state index contributed by atoms with van der Waals surface area (Å²) >= 11 is 0. The quantitative estimate of drug-likeness (QED) is 0.169. The van der Waals surface area contributed by atoms with Crippen LogP contribution in [0.25, 0.3) is 71.6 Å². The average Bonchev–Trinajstić information content (AvgIpc) is 3.49. The molecule has 2 aliphatic rings. The maximum absolute atomic E-state index is 2.60. The summed E-state index contributed by atoms with van der Waals surface area (Å²) in [7, 11) is 0. The van der Waals surface area contributed by atoms with Gasteiger partial charge in [-0.15, -0.1) is 0 Å². The fraction of sp³-hybridized carbons (Fsp3) is 0.0417. The highest BCUT2D eigenvalue weighted by molar-refractivity contribution is 6.92. The maximum Gasteiger partial charge on any atom is 0.329 e. The Labute approximate surface area is 298 Å². The molecule has 3 heteroatoms. The molecule has 0 spiro atoms. The van der Waals surface area contributed by atoms with E-state index in [1.165, 1.54) is 105 Å². The second-order valence-corrected chi connectivity index (χ2v) is 14.3. The van der Waals surface area contributed by atoms with E-state index in [1.807, 2.05) is 0 Å². The third-order valence-corrected chi connectivity index (χ3v) is 11.3. The molecule has 2 aliphatic heterocycles. The molecule has 0 saturated heterocycles. The fourth-order valence-electron chi connectivity index (χ4n) is 8.94. The minimum absolute atomic E-state index is 0.0777. The molecule has 0 aliphatic carbocycles. The van der Waals surface area contributed by atoms with Gasteiger partial charge in [0, 0.05) is 39.0 Å². The first-order valence-electron chi connectivity index (χ1n) is 17.9. The first-order chi connectivity index (χ1) is 25.1. The van der Waals surface area contributed by atoms with E-state index < -0.39 is 0 Å². The molecular formula is C48H33BN2. The van der Waals surface area contributed by atoms with Crippen molar-refractivity contribution in [2.24, 2.45) is 0 Å². The third-order valence-electron chi connectivity index (χ3n) is 11.3. The van der Waals surface area contributed by atoms with Crippen LogP contribution in [0.4, 0.5) is 11.4 Å². The van der Waals surface area contributed by atoms with Gasteiger partial charge in [0.25, 0.3) is 0 Å². The first-order valence-corrected chi connectivity index (χ1v) is 17.9. The molecule has 1 aromatic heterocycles. The molecule has 0 atom stereocenters. The summed E-state index contributed by atoms with van der Waals surface area (Å²) in [6.07, 6.45) is 0. The van der Waals surface area contributed by atoms with Gasteiger partial charge in [0.05, 0.1) is 11.0 Å². The van der Waals surface area contributed by atoms with Crippen molar-refractivity contribution in [1.82, 2.24) is 4.57 Å². The van der Waals surface area contributed by atoms with Gasteiger partial charge in [-0.25, -0.2) is 0 Å². The van der Waals surface area contributed by atoms with Gasteiger partial charge in [-0.3, -0.25) is 0 Å². The van der Waals surface area contributed by atoms with Gasteiger partial charge in [0.2, 0.25) is 0 Å². The number of nitrogens with zero attached hydrogens (tertiary/aromatic N) is 2. The zero-order valence-electron chi connectivity index (χ0n) is 28.6. The summed E-state index contributed by atoms with van der Waals surface area (Å²) in [5.41, 5.74) is 19.0. The largest absolute Gasteiger partial charge is 0.376 e. The van der Waals surface area contributed by atoms with E-state index in [-0.39, 0.29) is 6.85 Å². The van der Waals surface area contributed by atoms with E-state index in [4.69, 9.17) is 0 Å². The Morgan fingerprint density at radius 3 is 1.65 bits per heavy atom. The SMILES string of the molecule is Cc1ccc2c(c1)c1cc(C)ccc1n2-c1ccc2c(c1)-c1ccccc1B1c3ccccc3-c3cc(-c4ccc5ccccc5c4)ccc3N12. The minimum Gasteiger partial charge on any atom is -0.376 e. The summed E-state index contributed by atoms with van der Waals surface area (Å²) in [6.45, 7) is 4.45. The summed E-state index contributed by atoms with van der Waals surface area (Å²) in [5.74, 6) is 0. The Kier molecular flexibility index (Phi) is 5.92. The molecule has 11 rings (SSSR count). The molecule has 2 nitrogen and oxygen atoms in total. The normalized spacial score (nSPS) is 12.8. The Balaban J connectivity index is 1.14. The van der Waals surface area contributed by atoms with Crippen molar-refractivity contribution in [2.45, 2.75) is 13.8 Å². The van der Waals surface area contributed by atoms with Crippen molar-refractivity contribution in [2.75, 3.05) is 4.81 Å². The van der Waals surface area contributed by atoms with Crippen molar-refractivity contribution in [3.63, 3.8) is 0 Å². The van der Waals surface area contributed by atoms with Crippen molar-refractivity contribution >= 4 is 61.7 Å². The lowest BCUT2D eigenvalue weighted by Crippen LogP contribution is -2.59. The van der Waals surface area contributed by atoms with Crippen LogP contribution in [0.5, 0.6) is 0 Å². The number of hydrogen-bond acceptors (Lipinski definition) is 1. The number of anilines is 2. The Bertz CT molecular complexity index is 2860. The van der Waals surface area contributed by atoms with Gasteiger partial charge in [-0.2, -0.15) is 0 Å². The van der Waals surface area contributed by atoms with Crippen LogP contribution < -0.4 is 15.7 Å². The van der Waals surface area contributed by atoms with Crippen LogP contribution in [-0.4, -0.2) is 11.4 Å².